The first-order chi connectivity index (χ1) is 17.3. The zero-order valence-electron chi connectivity index (χ0n) is 22.1. The molecule has 1 amide bonds. The monoisotopic (exact) mass is 546 g/mol. The third-order valence-electron chi connectivity index (χ3n) is 6.21. The molecule has 0 radical (unpaired) electrons. The molecule has 0 fully saturated rings. The van der Waals surface area contributed by atoms with Crippen molar-refractivity contribution < 1.29 is 18.3 Å². The molecule has 0 spiro atoms. The number of aliphatic hydroxyl groups is 1. The SMILES string of the molecule is CC(C)CN(C[C@@H](O)[C@H](Cc1ccccc1)NC(=O)[C@@H](N)C(C)(C)C)S(=O)(=O)c1ccc2ncsc2c1. The van der Waals surface area contributed by atoms with E-state index in [9.17, 15) is 18.3 Å². The zero-order valence-corrected chi connectivity index (χ0v) is 23.7. The van der Waals surface area contributed by atoms with E-state index in [0.717, 1.165) is 15.8 Å². The van der Waals surface area contributed by atoms with Gasteiger partial charge in [0.15, 0.2) is 0 Å². The van der Waals surface area contributed by atoms with Crippen molar-refractivity contribution >= 4 is 37.5 Å². The van der Waals surface area contributed by atoms with Gasteiger partial charge in [0.25, 0.3) is 0 Å². The Labute approximate surface area is 224 Å². The average molecular weight is 547 g/mol. The molecule has 0 saturated carbocycles. The fourth-order valence-electron chi connectivity index (χ4n) is 3.98. The number of carbonyl (C=O) groups excluding carboxylic acids is 1. The maximum atomic E-state index is 13.7. The number of nitrogens with zero attached hydrogens (tertiary/aromatic N) is 2. The predicted molar refractivity (Wildman–Crippen MR) is 149 cm³/mol. The van der Waals surface area contributed by atoms with Crippen molar-refractivity contribution in [2.75, 3.05) is 13.1 Å². The molecule has 3 atom stereocenters. The Hall–Kier alpha value is -2.37. The van der Waals surface area contributed by atoms with Gasteiger partial charge < -0.3 is 16.2 Å². The van der Waals surface area contributed by atoms with Crippen LogP contribution >= 0.6 is 11.3 Å². The number of sulfonamides is 1. The Bertz CT molecular complexity index is 1290. The van der Waals surface area contributed by atoms with Crippen molar-refractivity contribution in [1.29, 1.82) is 0 Å². The molecule has 37 heavy (non-hydrogen) atoms. The summed E-state index contributed by atoms with van der Waals surface area (Å²) >= 11 is 1.37. The molecule has 10 heteroatoms. The summed E-state index contributed by atoms with van der Waals surface area (Å²) in [6.07, 6.45) is -0.843. The van der Waals surface area contributed by atoms with Gasteiger partial charge >= 0.3 is 0 Å². The van der Waals surface area contributed by atoms with E-state index in [1.54, 1.807) is 23.7 Å². The Kier molecular flexibility index (Phi) is 9.47. The summed E-state index contributed by atoms with van der Waals surface area (Å²) in [4.78, 5) is 17.4. The minimum Gasteiger partial charge on any atom is -0.390 e. The van der Waals surface area contributed by atoms with Crippen LogP contribution in [0.3, 0.4) is 0 Å². The quantitative estimate of drug-likeness (QED) is 0.338. The summed E-state index contributed by atoms with van der Waals surface area (Å²) in [6.45, 7) is 9.50. The second-order valence-electron chi connectivity index (χ2n) is 10.9. The molecule has 0 bridgehead atoms. The average Bonchev–Trinajstić information content (AvgIpc) is 3.30. The number of hydrogen-bond acceptors (Lipinski definition) is 7. The molecule has 1 aromatic heterocycles. The molecular weight excluding hydrogens is 508 g/mol. The molecule has 4 N–H and O–H groups in total. The van der Waals surface area contributed by atoms with E-state index in [2.05, 4.69) is 10.3 Å². The van der Waals surface area contributed by atoms with Gasteiger partial charge in [-0.15, -0.1) is 11.3 Å². The number of aliphatic hydroxyl groups excluding tert-OH is 1. The summed E-state index contributed by atoms with van der Waals surface area (Å²) in [5.41, 5.74) is 9.02. The third kappa shape index (κ3) is 7.58. The molecule has 2 aromatic carbocycles. The van der Waals surface area contributed by atoms with Crippen LogP contribution in [0.15, 0.2) is 58.9 Å². The summed E-state index contributed by atoms with van der Waals surface area (Å²) in [6, 6.07) is 12.8. The van der Waals surface area contributed by atoms with Gasteiger partial charge in [-0.1, -0.05) is 65.0 Å². The Morgan fingerprint density at radius 2 is 1.81 bits per heavy atom. The van der Waals surface area contributed by atoms with E-state index in [-0.39, 0.29) is 29.8 Å². The van der Waals surface area contributed by atoms with Crippen molar-refractivity contribution in [2.24, 2.45) is 17.1 Å². The number of carbonyl (C=O) groups is 1. The lowest BCUT2D eigenvalue weighted by Gasteiger charge is -2.33. The topological polar surface area (TPSA) is 126 Å². The minimum absolute atomic E-state index is 0.0191. The number of nitrogens with two attached hydrogens (primary N) is 1. The summed E-state index contributed by atoms with van der Waals surface area (Å²) in [7, 11) is -3.92. The number of amides is 1. The molecule has 1 heterocycles. The van der Waals surface area contributed by atoms with Gasteiger partial charge in [0.05, 0.1) is 38.8 Å². The Morgan fingerprint density at radius 1 is 1.14 bits per heavy atom. The molecule has 0 aliphatic carbocycles. The van der Waals surface area contributed by atoms with Gasteiger partial charge in [0.2, 0.25) is 15.9 Å². The minimum atomic E-state index is -3.92. The highest BCUT2D eigenvalue weighted by molar-refractivity contribution is 7.89. The second-order valence-corrected chi connectivity index (χ2v) is 13.7. The van der Waals surface area contributed by atoms with Gasteiger partial charge in [-0.3, -0.25) is 4.79 Å². The van der Waals surface area contributed by atoms with Crippen LogP contribution in [0.4, 0.5) is 0 Å². The van der Waals surface area contributed by atoms with Crippen LogP contribution in [-0.4, -0.2) is 60.0 Å². The molecule has 0 aliphatic rings. The van der Waals surface area contributed by atoms with Crippen LogP contribution in [0.2, 0.25) is 0 Å². The number of rotatable bonds is 11. The summed E-state index contributed by atoms with van der Waals surface area (Å²) in [5.74, 6) is -0.369. The molecule has 3 aromatic rings. The van der Waals surface area contributed by atoms with E-state index in [1.165, 1.54) is 15.6 Å². The highest BCUT2D eigenvalue weighted by Gasteiger charge is 2.34. The van der Waals surface area contributed by atoms with Crippen LogP contribution in [0, 0.1) is 11.3 Å². The fourth-order valence-corrected chi connectivity index (χ4v) is 6.42. The molecule has 202 valence electrons. The van der Waals surface area contributed by atoms with Gasteiger partial charge in [-0.2, -0.15) is 4.31 Å². The maximum absolute atomic E-state index is 13.7. The lowest BCUT2D eigenvalue weighted by atomic mass is 9.86. The smallest absolute Gasteiger partial charge is 0.243 e. The largest absolute Gasteiger partial charge is 0.390 e. The molecule has 3 rings (SSSR count). The van der Waals surface area contributed by atoms with Gasteiger partial charge in [-0.25, -0.2) is 13.4 Å². The number of hydrogen-bond donors (Lipinski definition) is 3. The molecule has 0 saturated heterocycles. The number of nitrogens with one attached hydrogen (secondary N) is 1. The van der Waals surface area contributed by atoms with Crippen LogP contribution in [-0.2, 0) is 21.2 Å². The number of thiazole rings is 1. The predicted octanol–water partition coefficient (Wildman–Crippen LogP) is 3.40. The number of benzene rings is 2. The third-order valence-corrected chi connectivity index (χ3v) is 8.83. The zero-order chi connectivity index (χ0) is 27.4. The second kappa shape index (κ2) is 12.0. The Balaban J connectivity index is 1.90. The molecular formula is C27H38N4O4S2. The molecule has 0 unspecified atom stereocenters. The van der Waals surface area contributed by atoms with E-state index in [0.29, 0.717) is 6.42 Å². The van der Waals surface area contributed by atoms with Crippen LogP contribution in [0.25, 0.3) is 10.2 Å². The number of fused-ring (bicyclic) bond motifs is 1. The summed E-state index contributed by atoms with van der Waals surface area (Å²) < 4.78 is 29.5. The van der Waals surface area contributed by atoms with Crippen molar-refractivity contribution in [2.45, 2.75) is 64.1 Å². The number of aromatic nitrogens is 1. The van der Waals surface area contributed by atoms with Gasteiger partial charge in [0, 0.05) is 13.1 Å². The van der Waals surface area contributed by atoms with E-state index in [4.69, 9.17) is 5.73 Å². The normalized spacial score (nSPS) is 15.2. The summed E-state index contributed by atoms with van der Waals surface area (Å²) in [5, 5.41) is 14.3. The van der Waals surface area contributed by atoms with Gasteiger partial charge in [-0.05, 0) is 41.5 Å². The first-order valence-corrected chi connectivity index (χ1v) is 14.7. The Morgan fingerprint density at radius 3 is 2.43 bits per heavy atom. The first-order valence-electron chi connectivity index (χ1n) is 12.4. The van der Waals surface area contributed by atoms with Crippen molar-refractivity contribution in [3.8, 4) is 0 Å². The first kappa shape index (κ1) is 29.2. The van der Waals surface area contributed by atoms with Crippen molar-refractivity contribution in [3.63, 3.8) is 0 Å². The van der Waals surface area contributed by atoms with Crippen LogP contribution in [0.1, 0.15) is 40.2 Å². The van der Waals surface area contributed by atoms with Crippen molar-refractivity contribution in [1.82, 2.24) is 14.6 Å². The maximum Gasteiger partial charge on any atom is 0.243 e. The highest BCUT2D eigenvalue weighted by Crippen LogP contribution is 2.25. The van der Waals surface area contributed by atoms with E-state index < -0.39 is 33.6 Å². The lowest BCUT2D eigenvalue weighted by Crippen LogP contribution is -2.56. The van der Waals surface area contributed by atoms with Gasteiger partial charge in [0.1, 0.15) is 0 Å². The van der Waals surface area contributed by atoms with E-state index in [1.807, 2.05) is 65.0 Å². The molecule has 8 nitrogen and oxygen atoms in total. The highest BCUT2D eigenvalue weighted by atomic mass is 32.2. The molecule has 0 aliphatic heterocycles. The van der Waals surface area contributed by atoms with E-state index >= 15 is 0 Å². The lowest BCUT2D eigenvalue weighted by molar-refractivity contribution is -0.126. The van der Waals surface area contributed by atoms with Crippen molar-refractivity contribution in [3.05, 3.63) is 59.6 Å². The standard InChI is InChI=1S/C27H38N4O4S2/c1-18(2)15-31(37(34,35)20-11-12-21-24(14-20)36-17-29-21)16-23(32)22(13-19-9-7-6-8-10-19)30-26(33)25(28)27(3,4)5/h6-12,14,17-18,22-23,25,32H,13,15-16,28H2,1-5H3,(H,30,33)/t22-,23+,25+/m0/s1. The van der Waals surface area contributed by atoms with Crippen LogP contribution < -0.4 is 11.1 Å². The fraction of sp³-hybridized carbons (Fsp3) is 0.481. The van der Waals surface area contributed by atoms with Crippen LogP contribution in [0.5, 0.6) is 0 Å².